The van der Waals surface area contributed by atoms with Crippen molar-refractivity contribution in [1.29, 1.82) is 0 Å². The summed E-state index contributed by atoms with van der Waals surface area (Å²) in [5, 5.41) is 6.25. The lowest BCUT2D eigenvalue weighted by Gasteiger charge is -2.39. The van der Waals surface area contributed by atoms with Gasteiger partial charge < -0.3 is 20.1 Å². The number of alkyl carbamates (subject to hydrolysis) is 1. The highest BCUT2D eigenvalue weighted by atomic mass is 32.2. The Hall–Kier alpha value is -3.23. The summed E-state index contributed by atoms with van der Waals surface area (Å²) in [5.74, 6) is -0.0691. The molecule has 1 aliphatic heterocycles. The Bertz CT molecular complexity index is 1510. The second-order valence-corrected chi connectivity index (χ2v) is 17.0. The number of nitrogens with zero attached hydrogens (tertiary/aromatic N) is 2. The molecule has 256 valence electrons. The maximum atomic E-state index is 13.7. The Morgan fingerprint density at radius 1 is 1.07 bits per heavy atom. The number of sulfonamides is 1. The Labute approximate surface area is 277 Å². The Morgan fingerprint density at radius 2 is 1.74 bits per heavy atom. The van der Waals surface area contributed by atoms with Crippen molar-refractivity contribution >= 4 is 45.1 Å². The standard InChI is InChI=1S/C32H49N5O7S2/c1-19(2)15-27(38)34-21-11-13-23(26(16-21)46(41,42)36-31(5,6)7)25-17-33-28(45-25)24-14-12-22(35-29(39)43-20(3)4)18-37(24)30(40)44-32(8,9)10/h11,13,16-17,19-20,22,24,36H,12,14-15,18H2,1-10H3,(H,34,38)(H,35,39)/t22-,24?/m1/s1. The first-order valence-corrected chi connectivity index (χ1v) is 17.8. The summed E-state index contributed by atoms with van der Waals surface area (Å²) in [5.41, 5.74) is -0.722. The van der Waals surface area contributed by atoms with Gasteiger partial charge in [-0.1, -0.05) is 19.9 Å². The summed E-state index contributed by atoms with van der Waals surface area (Å²) in [6.07, 6.45) is 1.55. The number of nitrogens with one attached hydrogen (secondary N) is 3. The quantitative estimate of drug-likeness (QED) is 0.273. The zero-order valence-electron chi connectivity index (χ0n) is 28.5. The number of benzene rings is 1. The average molecular weight is 680 g/mol. The summed E-state index contributed by atoms with van der Waals surface area (Å²) in [7, 11) is -4.02. The highest BCUT2D eigenvalue weighted by molar-refractivity contribution is 7.89. The van der Waals surface area contributed by atoms with Crippen LogP contribution in [0.4, 0.5) is 15.3 Å². The molecule has 0 radical (unpaired) electrons. The highest BCUT2D eigenvalue weighted by Gasteiger charge is 2.38. The molecule has 2 aromatic rings. The lowest BCUT2D eigenvalue weighted by molar-refractivity contribution is -0.116. The molecule has 1 fully saturated rings. The molecule has 2 atom stereocenters. The van der Waals surface area contributed by atoms with Crippen molar-refractivity contribution in [2.45, 2.75) is 123 Å². The Morgan fingerprint density at radius 3 is 2.33 bits per heavy atom. The molecular formula is C32H49N5O7S2. The first kappa shape index (κ1) is 37.2. The lowest BCUT2D eigenvalue weighted by atomic mass is 9.99. The Balaban J connectivity index is 1.99. The molecule has 1 aromatic carbocycles. The fourth-order valence-corrected chi connectivity index (χ4v) is 7.75. The maximum absolute atomic E-state index is 13.7. The summed E-state index contributed by atoms with van der Waals surface area (Å²) in [6, 6.07) is 3.97. The third kappa shape index (κ3) is 10.9. The zero-order chi connectivity index (χ0) is 34.6. The van der Waals surface area contributed by atoms with Gasteiger partial charge in [-0.2, -0.15) is 0 Å². The first-order chi connectivity index (χ1) is 21.1. The summed E-state index contributed by atoms with van der Waals surface area (Å²) >= 11 is 1.28. The fraction of sp³-hybridized carbons (Fsp3) is 0.625. The smallest absolute Gasteiger partial charge is 0.410 e. The molecule has 0 aliphatic carbocycles. The number of piperidine rings is 1. The largest absolute Gasteiger partial charge is 0.447 e. The number of carbonyl (C=O) groups is 3. The molecule has 14 heteroatoms. The number of hydrogen-bond donors (Lipinski definition) is 3. The van der Waals surface area contributed by atoms with Gasteiger partial charge in [-0.3, -0.25) is 9.69 Å². The van der Waals surface area contributed by atoms with Crippen LogP contribution in [0, 0.1) is 5.92 Å². The van der Waals surface area contributed by atoms with Crippen molar-refractivity contribution in [2.24, 2.45) is 5.92 Å². The first-order valence-electron chi connectivity index (χ1n) is 15.5. The van der Waals surface area contributed by atoms with Crippen LogP contribution in [-0.2, 0) is 24.3 Å². The van der Waals surface area contributed by atoms with E-state index in [1.165, 1.54) is 17.4 Å². The molecular weight excluding hydrogens is 631 g/mol. The van der Waals surface area contributed by atoms with Crippen LogP contribution in [0.2, 0.25) is 0 Å². The van der Waals surface area contributed by atoms with E-state index in [1.54, 1.807) is 78.6 Å². The molecule has 2 heterocycles. The number of likely N-dealkylation sites (tertiary alicyclic amines) is 1. The van der Waals surface area contributed by atoms with Gasteiger partial charge in [0.05, 0.1) is 28.0 Å². The van der Waals surface area contributed by atoms with E-state index in [-0.39, 0.29) is 35.4 Å². The minimum atomic E-state index is -4.02. The van der Waals surface area contributed by atoms with Crippen LogP contribution in [-0.4, -0.2) is 66.2 Å². The molecule has 0 bridgehead atoms. The van der Waals surface area contributed by atoms with Crippen molar-refractivity contribution < 1.29 is 32.3 Å². The molecule has 1 aliphatic rings. The highest BCUT2D eigenvalue weighted by Crippen LogP contribution is 2.40. The number of ether oxygens (including phenoxy) is 2. The molecule has 1 aromatic heterocycles. The van der Waals surface area contributed by atoms with E-state index in [2.05, 4.69) is 20.3 Å². The second-order valence-electron chi connectivity index (χ2n) is 14.3. The van der Waals surface area contributed by atoms with Crippen LogP contribution >= 0.6 is 11.3 Å². The molecule has 3 rings (SSSR count). The molecule has 1 saturated heterocycles. The van der Waals surface area contributed by atoms with Crippen LogP contribution in [0.3, 0.4) is 0 Å². The van der Waals surface area contributed by atoms with Crippen molar-refractivity contribution in [1.82, 2.24) is 19.9 Å². The van der Waals surface area contributed by atoms with E-state index >= 15 is 0 Å². The molecule has 1 unspecified atom stereocenters. The molecule has 0 spiro atoms. The third-order valence-corrected chi connectivity index (χ3v) is 9.47. The van der Waals surface area contributed by atoms with E-state index in [9.17, 15) is 22.8 Å². The number of thiazole rings is 1. The van der Waals surface area contributed by atoms with Crippen LogP contribution in [0.25, 0.3) is 10.4 Å². The van der Waals surface area contributed by atoms with Gasteiger partial charge in [0.2, 0.25) is 15.9 Å². The van der Waals surface area contributed by atoms with E-state index < -0.39 is 39.4 Å². The van der Waals surface area contributed by atoms with Crippen LogP contribution in [0.15, 0.2) is 29.3 Å². The summed E-state index contributed by atoms with van der Waals surface area (Å²) in [4.78, 5) is 45.0. The van der Waals surface area contributed by atoms with Gasteiger partial charge in [-0.25, -0.2) is 27.7 Å². The number of hydrogen-bond acceptors (Lipinski definition) is 9. The number of rotatable bonds is 9. The van der Waals surface area contributed by atoms with Crippen molar-refractivity contribution in [3.63, 3.8) is 0 Å². The average Bonchev–Trinajstić information content (AvgIpc) is 3.35. The molecule has 0 saturated carbocycles. The molecule has 3 N–H and O–H groups in total. The Kier molecular flexibility index (Phi) is 11.9. The van der Waals surface area contributed by atoms with Crippen LogP contribution < -0.4 is 15.4 Å². The fourth-order valence-electron chi connectivity index (χ4n) is 4.92. The zero-order valence-corrected chi connectivity index (χ0v) is 30.1. The van der Waals surface area contributed by atoms with Crippen molar-refractivity contribution in [2.75, 3.05) is 11.9 Å². The number of aromatic nitrogens is 1. The number of carbonyl (C=O) groups excluding carboxylic acids is 3. The maximum Gasteiger partial charge on any atom is 0.410 e. The van der Waals surface area contributed by atoms with Gasteiger partial charge in [0.25, 0.3) is 0 Å². The van der Waals surface area contributed by atoms with Gasteiger partial charge in [0.15, 0.2) is 0 Å². The van der Waals surface area contributed by atoms with E-state index in [0.717, 1.165) is 0 Å². The lowest BCUT2D eigenvalue weighted by Crippen LogP contribution is -2.52. The molecule has 46 heavy (non-hydrogen) atoms. The van der Waals surface area contributed by atoms with Crippen LogP contribution in [0.1, 0.15) is 99.5 Å². The van der Waals surface area contributed by atoms with Gasteiger partial charge in [-0.15, -0.1) is 11.3 Å². The number of anilines is 1. The van der Waals surface area contributed by atoms with Crippen molar-refractivity contribution in [3.05, 3.63) is 29.4 Å². The van der Waals surface area contributed by atoms with Crippen molar-refractivity contribution in [3.8, 4) is 10.4 Å². The normalized spacial score (nSPS) is 17.6. The predicted molar refractivity (Wildman–Crippen MR) is 179 cm³/mol. The van der Waals surface area contributed by atoms with E-state index in [0.29, 0.717) is 40.4 Å². The molecule has 3 amide bonds. The predicted octanol–water partition coefficient (Wildman–Crippen LogP) is 6.45. The van der Waals surface area contributed by atoms with Gasteiger partial charge >= 0.3 is 12.2 Å². The SMILES string of the molecule is CC(C)CC(=O)Nc1ccc(-c2cnc(C3CC[C@@H](NC(=O)OC(C)C)CN3C(=O)OC(C)(C)C)s2)c(S(=O)(=O)NC(C)(C)C)c1. The van der Waals surface area contributed by atoms with E-state index in [1.807, 2.05) is 13.8 Å². The topological polar surface area (TPSA) is 156 Å². The third-order valence-electron chi connectivity index (χ3n) is 6.54. The summed E-state index contributed by atoms with van der Waals surface area (Å²) in [6.45, 7) is 18.2. The number of amides is 3. The van der Waals surface area contributed by atoms with Gasteiger partial charge in [0, 0.05) is 36.0 Å². The van der Waals surface area contributed by atoms with Gasteiger partial charge in [0.1, 0.15) is 10.6 Å². The summed E-state index contributed by atoms with van der Waals surface area (Å²) < 4.78 is 41.0. The monoisotopic (exact) mass is 679 g/mol. The minimum absolute atomic E-state index is 0.000503. The second kappa shape index (κ2) is 14.7. The van der Waals surface area contributed by atoms with Gasteiger partial charge in [-0.05, 0) is 86.3 Å². The minimum Gasteiger partial charge on any atom is -0.447 e. The van der Waals surface area contributed by atoms with E-state index in [4.69, 9.17) is 9.47 Å². The molecule has 12 nitrogen and oxygen atoms in total. The van der Waals surface area contributed by atoms with Crippen LogP contribution in [0.5, 0.6) is 0 Å².